The Balaban J connectivity index is 2.03. The van der Waals surface area contributed by atoms with Crippen molar-refractivity contribution in [2.45, 2.75) is 19.4 Å². The summed E-state index contributed by atoms with van der Waals surface area (Å²) in [5, 5.41) is 3.30. The Morgan fingerprint density at radius 3 is 2.77 bits per heavy atom. The molecule has 2 rings (SSSR count). The van der Waals surface area contributed by atoms with E-state index in [0.29, 0.717) is 6.04 Å². The molecule has 1 aromatic carbocycles. The van der Waals surface area contributed by atoms with Crippen molar-refractivity contribution in [2.75, 3.05) is 6.54 Å². The number of hydrogen-bond acceptors (Lipinski definition) is 2. The summed E-state index contributed by atoms with van der Waals surface area (Å²) in [4.78, 5) is 4.49. The van der Waals surface area contributed by atoms with Gasteiger partial charge in [-0.05, 0) is 12.5 Å². The molecule has 2 heteroatoms. The van der Waals surface area contributed by atoms with Crippen LogP contribution in [0.4, 0.5) is 0 Å². The summed E-state index contributed by atoms with van der Waals surface area (Å²) in [7, 11) is 0. The van der Waals surface area contributed by atoms with Crippen molar-refractivity contribution in [3.8, 4) is 0 Å². The van der Waals surface area contributed by atoms with Crippen molar-refractivity contribution in [2.24, 2.45) is 4.99 Å². The predicted molar refractivity (Wildman–Crippen MR) is 55.0 cm³/mol. The van der Waals surface area contributed by atoms with Crippen molar-refractivity contribution >= 4 is 5.84 Å². The molecule has 2 nitrogen and oxygen atoms in total. The van der Waals surface area contributed by atoms with E-state index in [1.54, 1.807) is 0 Å². The van der Waals surface area contributed by atoms with Crippen LogP contribution in [0.3, 0.4) is 0 Å². The van der Waals surface area contributed by atoms with Gasteiger partial charge in [0.15, 0.2) is 0 Å². The van der Waals surface area contributed by atoms with Gasteiger partial charge in [-0.2, -0.15) is 0 Å². The number of amidine groups is 1. The van der Waals surface area contributed by atoms with Crippen molar-refractivity contribution < 1.29 is 0 Å². The lowest BCUT2D eigenvalue weighted by atomic mass is 10.1. The number of nitrogens with zero attached hydrogens (tertiary/aromatic N) is 1. The summed E-state index contributed by atoms with van der Waals surface area (Å²) in [5.41, 5.74) is 1.32. The van der Waals surface area contributed by atoms with Crippen LogP contribution in [-0.2, 0) is 6.42 Å². The first kappa shape index (κ1) is 8.30. The fourth-order valence-corrected chi connectivity index (χ4v) is 1.52. The van der Waals surface area contributed by atoms with E-state index < -0.39 is 0 Å². The maximum absolute atomic E-state index is 4.49. The Kier molecular flexibility index (Phi) is 2.30. The molecule has 1 atom stereocenters. The molecule has 0 saturated heterocycles. The first-order chi connectivity index (χ1) is 6.34. The monoisotopic (exact) mass is 174 g/mol. The Bertz CT molecular complexity index is 303. The average Bonchev–Trinajstić information content (AvgIpc) is 2.53. The van der Waals surface area contributed by atoms with Gasteiger partial charge in [-0.1, -0.05) is 30.3 Å². The normalized spacial score (nSPS) is 21.0. The van der Waals surface area contributed by atoms with Gasteiger partial charge >= 0.3 is 0 Å². The number of rotatable bonds is 2. The largest absolute Gasteiger partial charge is 0.371 e. The maximum Gasteiger partial charge on any atom is 0.101 e. The van der Waals surface area contributed by atoms with Gasteiger partial charge in [0.25, 0.3) is 0 Å². The fraction of sp³-hybridized carbons (Fsp3) is 0.364. The van der Waals surface area contributed by atoms with Gasteiger partial charge in [-0.3, -0.25) is 4.99 Å². The van der Waals surface area contributed by atoms with Crippen LogP contribution in [0.1, 0.15) is 12.5 Å². The molecule has 0 aromatic heterocycles. The van der Waals surface area contributed by atoms with E-state index in [-0.39, 0.29) is 0 Å². The van der Waals surface area contributed by atoms with Crippen LogP contribution in [0.2, 0.25) is 0 Å². The lowest BCUT2D eigenvalue weighted by Gasteiger charge is -2.00. The van der Waals surface area contributed by atoms with Gasteiger partial charge < -0.3 is 5.32 Å². The third-order valence-corrected chi connectivity index (χ3v) is 2.19. The molecule has 1 heterocycles. The first-order valence-electron chi connectivity index (χ1n) is 4.69. The van der Waals surface area contributed by atoms with Crippen molar-refractivity contribution in [3.63, 3.8) is 0 Å². The minimum atomic E-state index is 0.443. The minimum absolute atomic E-state index is 0.443. The summed E-state index contributed by atoms with van der Waals surface area (Å²) >= 11 is 0. The van der Waals surface area contributed by atoms with Crippen molar-refractivity contribution in [1.82, 2.24) is 5.32 Å². The SMILES string of the molecule is C[C@H]1CNC(Cc2ccccc2)=N1. The van der Waals surface area contributed by atoms with E-state index >= 15 is 0 Å². The summed E-state index contributed by atoms with van der Waals surface area (Å²) < 4.78 is 0. The summed E-state index contributed by atoms with van der Waals surface area (Å²) in [6.45, 7) is 3.12. The van der Waals surface area contributed by atoms with Gasteiger partial charge in [0, 0.05) is 13.0 Å². The van der Waals surface area contributed by atoms with Gasteiger partial charge in [-0.15, -0.1) is 0 Å². The van der Waals surface area contributed by atoms with E-state index in [0.717, 1.165) is 18.8 Å². The predicted octanol–water partition coefficient (Wildman–Crippen LogP) is 1.62. The molecular formula is C11H14N2. The van der Waals surface area contributed by atoms with Gasteiger partial charge in [-0.25, -0.2) is 0 Å². The second-order valence-corrected chi connectivity index (χ2v) is 3.47. The number of hydrogen-bond donors (Lipinski definition) is 1. The van der Waals surface area contributed by atoms with Crippen LogP contribution in [0, 0.1) is 0 Å². The zero-order valence-corrected chi connectivity index (χ0v) is 7.83. The zero-order valence-electron chi connectivity index (χ0n) is 7.83. The summed E-state index contributed by atoms with van der Waals surface area (Å²) in [6, 6.07) is 10.9. The first-order valence-corrected chi connectivity index (χ1v) is 4.69. The van der Waals surface area contributed by atoms with Gasteiger partial charge in [0.05, 0.1) is 6.04 Å². The lowest BCUT2D eigenvalue weighted by molar-refractivity contribution is 0.765. The molecule has 0 bridgehead atoms. The molecule has 0 fully saturated rings. The molecule has 1 aliphatic heterocycles. The summed E-state index contributed by atoms with van der Waals surface area (Å²) in [6.07, 6.45) is 0.936. The molecule has 0 unspecified atom stereocenters. The van der Waals surface area contributed by atoms with E-state index in [2.05, 4.69) is 41.5 Å². The topological polar surface area (TPSA) is 24.4 Å². The number of nitrogens with one attached hydrogen (secondary N) is 1. The Hall–Kier alpha value is -1.31. The molecule has 0 amide bonds. The van der Waals surface area contributed by atoms with E-state index in [1.807, 2.05) is 6.07 Å². The third-order valence-electron chi connectivity index (χ3n) is 2.19. The van der Waals surface area contributed by atoms with E-state index in [4.69, 9.17) is 0 Å². The highest BCUT2D eigenvalue weighted by molar-refractivity contribution is 5.85. The Morgan fingerprint density at radius 1 is 1.38 bits per heavy atom. The molecule has 0 saturated carbocycles. The minimum Gasteiger partial charge on any atom is -0.371 e. The second-order valence-electron chi connectivity index (χ2n) is 3.47. The fourth-order valence-electron chi connectivity index (χ4n) is 1.52. The van der Waals surface area contributed by atoms with E-state index in [9.17, 15) is 0 Å². The molecule has 0 radical (unpaired) electrons. The van der Waals surface area contributed by atoms with E-state index in [1.165, 1.54) is 5.56 Å². The molecule has 0 aliphatic carbocycles. The van der Waals surface area contributed by atoms with Crippen LogP contribution < -0.4 is 5.32 Å². The molecule has 68 valence electrons. The Labute approximate surface area is 78.7 Å². The second kappa shape index (κ2) is 3.60. The number of benzene rings is 1. The van der Waals surface area contributed by atoms with Crippen LogP contribution in [0.25, 0.3) is 0 Å². The molecule has 1 N–H and O–H groups in total. The van der Waals surface area contributed by atoms with Crippen LogP contribution >= 0.6 is 0 Å². The molecular weight excluding hydrogens is 160 g/mol. The zero-order chi connectivity index (χ0) is 9.10. The Morgan fingerprint density at radius 2 is 2.15 bits per heavy atom. The van der Waals surface area contributed by atoms with Crippen LogP contribution in [-0.4, -0.2) is 18.4 Å². The highest BCUT2D eigenvalue weighted by Gasteiger charge is 2.11. The van der Waals surface area contributed by atoms with Crippen LogP contribution in [0.15, 0.2) is 35.3 Å². The third kappa shape index (κ3) is 2.08. The van der Waals surface area contributed by atoms with Crippen LogP contribution in [0.5, 0.6) is 0 Å². The molecule has 1 aromatic rings. The maximum atomic E-state index is 4.49. The highest BCUT2D eigenvalue weighted by atomic mass is 15.1. The van der Waals surface area contributed by atoms with Crippen molar-refractivity contribution in [3.05, 3.63) is 35.9 Å². The highest BCUT2D eigenvalue weighted by Crippen LogP contribution is 2.04. The van der Waals surface area contributed by atoms with Crippen molar-refractivity contribution in [1.29, 1.82) is 0 Å². The lowest BCUT2D eigenvalue weighted by Crippen LogP contribution is -2.21. The molecule has 0 spiro atoms. The average molecular weight is 174 g/mol. The van der Waals surface area contributed by atoms with Gasteiger partial charge in [0.2, 0.25) is 0 Å². The molecule has 13 heavy (non-hydrogen) atoms. The molecule has 1 aliphatic rings. The van der Waals surface area contributed by atoms with Gasteiger partial charge in [0.1, 0.15) is 5.84 Å². The smallest absolute Gasteiger partial charge is 0.101 e. The quantitative estimate of drug-likeness (QED) is 0.724. The summed E-state index contributed by atoms with van der Waals surface area (Å²) in [5.74, 6) is 1.12. The number of aliphatic imine (C=N–C) groups is 1. The standard InChI is InChI=1S/C11H14N2/c1-9-8-12-11(13-9)7-10-5-3-2-4-6-10/h2-6,9H,7-8H2,1H3,(H,12,13)/t9-/m0/s1.